The molecule has 3 N–H and O–H groups in total. The van der Waals surface area contributed by atoms with Crippen molar-refractivity contribution in [2.75, 3.05) is 10.6 Å². The number of carbonyl (C=O) groups excluding carboxylic acids is 2. The van der Waals surface area contributed by atoms with E-state index in [4.69, 9.17) is 23.8 Å². The molecule has 0 unspecified atom stereocenters. The Morgan fingerprint density at radius 2 is 1.67 bits per heavy atom. The Kier molecular flexibility index (Phi) is 8.23. The zero-order valence-electron chi connectivity index (χ0n) is 15.0. The summed E-state index contributed by atoms with van der Waals surface area (Å²) in [6.45, 7) is 1.95. The molecule has 5 nitrogen and oxygen atoms in total. The van der Waals surface area contributed by atoms with Crippen molar-refractivity contribution in [2.45, 2.75) is 32.6 Å². The lowest BCUT2D eigenvalue weighted by molar-refractivity contribution is -0.119. The van der Waals surface area contributed by atoms with E-state index in [9.17, 15) is 9.59 Å². The lowest BCUT2D eigenvalue weighted by Crippen LogP contribution is -2.34. The summed E-state index contributed by atoms with van der Waals surface area (Å²) >= 11 is 11.3. The molecule has 2 aromatic rings. The van der Waals surface area contributed by atoms with Gasteiger partial charge in [0, 0.05) is 29.2 Å². The number of aryl methyl sites for hydroxylation is 1. The molecule has 2 rings (SSSR count). The summed E-state index contributed by atoms with van der Waals surface area (Å²) in [6.07, 6.45) is 2.07. The number of anilines is 2. The van der Waals surface area contributed by atoms with Crippen LogP contribution in [-0.2, 0) is 16.0 Å². The summed E-state index contributed by atoms with van der Waals surface area (Å²) in [5.41, 5.74) is 2.27. The van der Waals surface area contributed by atoms with E-state index in [0.717, 1.165) is 12.0 Å². The van der Waals surface area contributed by atoms with E-state index in [2.05, 4.69) is 16.0 Å². The summed E-state index contributed by atoms with van der Waals surface area (Å²) in [4.78, 5) is 23.8. The third-order valence-corrected chi connectivity index (χ3v) is 4.29. The van der Waals surface area contributed by atoms with Gasteiger partial charge in [0.1, 0.15) is 0 Å². The molecule has 0 bridgehead atoms. The zero-order chi connectivity index (χ0) is 19.6. The number of hydrogen-bond donors (Lipinski definition) is 3. The maximum absolute atomic E-state index is 12.1. The van der Waals surface area contributed by atoms with Crippen molar-refractivity contribution >= 4 is 52.1 Å². The van der Waals surface area contributed by atoms with E-state index in [1.807, 2.05) is 25.1 Å². The fourth-order valence-electron chi connectivity index (χ4n) is 2.43. The Morgan fingerprint density at radius 1 is 0.963 bits per heavy atom. The molecule has 0 aliphatic heterocycles. The molecule has 0 fully saturated rings. The average Bonchev–Trinajstić information content (AvgIpc) is 2.61. The van der Waals surface area contributed by atoms with Crippen LogP contribution in [0, 0.1) is 0 Å². The van der Waals surface area contributed by atoms with Crippen molar-refractivity contribution in [1.29, 1.82) is 0 Å². The van der Waals surface area contributed by atoms with Gasteiger partial charge in [0.15, 0.2) is 5.11 Å². The minimum absolute atomic E-state index is 0.0369. The largest absolute Gasteiger partial charge is 0.332 e. The van der Waals surface area contributed by atoms with E-state index in [-0.39, 0.29) is 23.3 Å². The molecule has 0 radical (unpaired) electrons. The molecule has 0 aromatic heterocycles. The Hall–Kier alpha value is -2.44. The number of hydrogen-bond acceptors (Lipinski definition) is 3. The first-order valence-electron chi connectivity index (χ1n) is 8.72. The summed E-state index contributed by atoms with van der Waals surface area (Å²) in [5.74, 6) is -0.232. The van der Waals surface area contributed by atoms with Crippen LogP contribution in [0.2, 0.25) is 5.02 Å². The molecule has 0 spiro atoms. The summed E-state index contributed by atoms with van der Waals surface area (Å²) in [5, 5.41) is 9.27. The van der Waals surface area contributed by atoms with Gasteiger partial charge >= 0.3 is 0 Å². The molecular weight excluding hydrogens is 382 g/mol. The highest BCUT2D eigenvalue weighted by atomic mass is 35.5. The quantitative estimate of drug-likeness (QED) is 0.594. The highest BCUT2D eigenvalue weighted by Crippen LogP contribution is 2.17. The number of carbonyl (C=O) groups is 2. The molecule has 0 atom stereocenters. The van der Waals surface area contributed by atoms with Crippen LogP contribution in [0.3, 0.4) is 0 Å². The number of halogens is 1. The van der Waals surface area contributed by atoms with Gasteiger partial charge in [-0.05, 0) is 54.9 Å². The molecule has 0 aliphatic rings. The smallest absolute Gasteiger partial charge is 0.226 e. The van der Waals surface area contributed by atoms with Crippen molar-refractivity contribution in [1.82, 2.24) is 5.32 Å². The Balaban J connectivity index is 1.83. The van der Waals surface area contributed by atoms with Gasteiger partial charge in [-0.25, -0.2) is 0 Å². The van der Waals surface area contributed by atoms with Crippen molar-refractivity contribution in [2.24, 2.45) is 0 Å². The van der Waals surface area contributed by atoms with E-state index < -0.39 is 0 Å². The van der Waals surface area contributed by atoms with Crippen molar-refractivity contribution in [3.8, 4) is 0 Å². The summed E-state index contributed by atoms with van der Waals surface area (Å²) in [7, 11) is 0. The fraction of sp³-hybridized carbons (Fsp3) is 0.250. The van der Waals surface area contributed by atoms with Crippen LogP contribution in [0.25, 0.3) is 0 Å². The fourth-order valence-corrected chi connectivity index (χ4v) is 2.89. The van der Waals surface area contributed by atoms with Crippen LogP contribution >= 0.6 is 23.8 Å². The van der Waals surface area contributed by atoms with E-state index in [0.29, 0.717) is 29.2 Å². The molecule has 2 aromatic carbocycles. The van der Waals surface area contributed by atoms with Crippen LogP contribution in [0.1, 0.15) is 31.7 Å². The molecule has 7 heteroatoms. The molecule has 2 amide bonds. The Bertz CT molecular complexity index is 826. The van der Waals surface area contributed by atoms with Crippen LogP contribution in [-0.4, -0.2) is 16.9 Å². The molecule has 0 aliphatic carbocycles. The van der Waals surface area contributed by atoms with Crippen molar-refractivity contribution in [3.63, 3.8) is 0 Å². The number of thiocarbonyl (C=S) groups is 1. The maximum Gasteiger partial charge on any atom is 0.226 e. The highest BCUT2D eigenvalue weighted by Gasteiger charge is 2.08. The first kappa shape index (κ1) is 20.9. The molecule has 0 saturated heterocycles. The summed E-state index contributed by atoms with van der Waals surface area (Å²) < 4.78 is 0. The van der Waals surface area contributed by atoms with Gasteiger partial charge in [-0.3, -0.25) is 9.59 Å². The van der Waals surface area contributed by atoms with E-state index in [1.165, 1.54) is 0 Å². The topological polar surface area (TPSA) is 70.2 Å². The second-order valence-electron chi connectivity index (χ2n) is 5.97. The van der Waals surface area contributed by atoms with Crippen LogP contribution in [0.4, 0.5) is 11.4 Å². The van der Waals surface area contributed by atoms with Gasteiger partial charge in [-0.1, -0.05) is 42.8 Å². The van der Waals surface area contributed by atoms with Gasteiger partial charge in [0.2, 0.25) is 11.8 Å². The second-order valence-corrected chi connectivity index (χ2v) is 6.79. The zero-order valence-corrected chi connectivity index (χ0v) is 16.6. The van der Waals surface area contributed by atoms with Gasteiger partial charge in [0.05, 0.1) is 0 Å². The Morgan fingerprint density at radius 3 is 2.37 bits per heavy atom. The van der Waals surface area contributed by atoms with Gasteiger partial charge in [-0.15, -0.1) is 0 Å². The maximum atomic E-state index is 12.1. The average molecular weight is 404 g/mol. The second kappa shape index (κ2) is 10.6. The van der Waals surface area contributed by atoms with E-state index >= 15 is 0 Å². The standard InChI is InChI=1S/C20H22ClN3O2S/c1-2-6-18(25)22-15-8-5-9-16(13-15)23-20(27)24-19(26)12-11-14-7-3-4-10-17(14)21/h3-5,7-10,13H,2,6,11-12H2,1H3,(H,22,25)(H2,23,24,26,27). The lowest BCUT2D eigenvalue weighted by atomic mass is 10.1. The predicted octanol–water partition coefficient (Wildman–Crippen LogP) is 4.52. The van der Waals surface area contributed by atoms with Gasteiger partial charge in [0.25, 0.3) is 0 Å². The minimum atomic E-state index is -0.195. The molecule has 0 saturated carbocycles. The van der Waals surface area contributed by atoms with Crippen LogP contribution in [0.5, 0.6) is 0 Å². The van der Waals surface area contributed by atoms with Crippen LogP contribution in [0.15, 0.2) is 48.5 Å². The number of nitrogens with one attached hydrogen (secondary N) is 3. The molecule has 142 valence electrons. The number of benzene rings is 2. The number of amides is 2. The minimum Gasteiger partial charge on any atom is -0.332 e. The normalized spacial score (nSPS) is 10.1. The first-order valence-corrected chi connectivity index (χ1v) is 9.50. The highest BCUT2D eigenvalue weighted by molar-refractivity contribution is 7.80. The Labute approximate surface area is 169 Å². The summed E-state index contributed by atoms with van der Waals surface area (Å²) in [6, 6.07) is 14.6. The first-order chi connectivity index (χ1) is 13.0. The molecular formula is C20H22ClN3O2S. The van der Waals surface area contributed by atoms with Gasteiger partial charge in [-0.2, -0.15) is 0 Å². The third-order valence-electron chi connectivity index (χ3n) is 3.71. The van der Waals surface area contributed by atoms with E-state index in [1.54, 1.807) is 30.3 Å². The van der Waals surface area contributed by atoms with Crippen LogP contribution < -0.4 is 16.0 Å². The van der Waals surface area contributed by atoms with Crippen molar-refractivity contribution in [3.05, 3.63) is 59.1 Å². The molecule has 0 heterocycles. The number of rotatable bonds is 7. The molecule has 27 heavy (non-hydrogen) atoms. The van der Waals surface area contributed by atoms with Gasteiger partial charge < -0.3 is 16.0 Å². The monoisotopic (exact) mass is 403 g/mol. The lowest BCUT2D eigenvalue weighted by Gasteiger charge is -2.11. The predicted molar refractivity (Wildman–Crippen MR) is 114 cm³/mol. The SMILES string of the molecule is CCCC(=O)Nc1cccc(NC(=S)NC(=O)CCc2ccccc2Cl)c1. The third kappa shape index (κ3) is 7.37. The van der Waals surface area contributed by atoms with Crippen molar-refractivity contribution < 1.29 is 9.59 Å².